The Kier molecular flexibility index (Phi) is 4.66. The first-order chi connectivity index (χ1) is 11.7. The van der Waals surface area contributed by atoms with E-state index in [1.165, 1.54) is 6.26 Å². The van der Waals surface area contributed by atoms with E-state index in [2.05, 4.69) is 5.10 Å². The highest BCUT2D eigenvalue weighted by atomic mass is 16.5. The van der Waals surface area contributed by atoms with Crippen molar-refractivity contribution < 1.29 is 23.4 Å². The van der Waals surface area contributed by atoms with E-state index in [0.717, 1.165) is 4.68 Å². The molecule has 8 heteroatoms. The Morgan fingerprint density at radius 3 is 2.67 bits per heavy atom. The van der Waals surface area contributed by atoms with E-state index in [4.69, 9.17) is 18.3 Å². The van der Waals surface area contributed by atoms with Gasteiger partial charge in [0.05, 0.1) is 19.9 Å². The van der Waals surface area contributed by atoms with Crippen LogP contribution in [-0.4, -0.2) is 34.7 Å². The first-order valence-corrected chi connectivity index (χ1v) is 7.22. The standard InChI is InChI=1S/C16H16N2O6/c1-21-12-4-6-13(7-5-12)23-10-11(19)9-18-16(20)24-15(17-18)14-3-2-8-22-14/h2-8,11,19H,9-10H2,1H3. The van der Waals surface area contributed by atoms with Crippen molar-refractivity contribution in [1.29, 1.82) is 0 Å². The van der Waals surface area contributed by atoms with Gasteiger partial charge in [-0.05, 0) is 36.4 Å². The summed E-state index contributed by atoms with van der Waals surface area (Å²) in [5, 5.41) is 14.0. The molecule has 1 unspecified atom stereocenters. The molecule has 0 aliphatic rings. The quantitative estimate of drug-likeness (QED) is 0.700. The monoisotopic (exact) mass is 332 g/mol. The zero-order chi connectivity index (χ0) is 16.9. The van der Waals surface area contributed by atoms with Gasteiger partial charge >= 0.3 is 5.76 Å². The van der Waals surface area contributed by atoms with Gasteiger partial charge in [-0.15, -0.1) is 5.10 Å². The summed E-state index contributed by atoms with van der Waals surface area (Å²) in [4.78, 5) is 11.7. The molecule has 1 atom stereocenters. The number of nitrogens with zero attached hydrogens (tertiary/aromatic N) is 2. The maximum atomic E-state index is 11.7. The number of hydrogen-bond acceptors (Lipinski definition) is 7. The number of aromatic nitrogens is 2. The fourth-order valence-electron chi connectivity index (χ4n) is 2.04. The van der Waals surface area contributed by atoms with Crippen LogP contribution in [0.3, 0.4) is 0 Å². The maximum Gasteiger partial charge on any atom is 0.437 e. The van der Waals surface area contributed by atoms with E-state index >= 15 is 0 Å². The predicted molar refractivity (Wildman–Crippen MR) is 83.0 cm³/mol. The van der Waals surface area contributed by atoms with Gasteiger partial charge in [0.25, 0.3) is 5.89 Å². The molecule has 0 saturated carbocycles. The minimum absolute atomic E-state index is 0.00170. The van der Waals surface area contributed by atoms with Gasteiger partial charge in [-0.25, -0.2) is 4.79 Å². The van der Waals surface area contributed by atoms with Gasteiger partial charge in [-0.2, -0.15) is 4.68 Å². The van der Waals surface area contributed by atoms with Gasteiger partial charge in [0.15, 0.2) is 5.76 Å². The van der Waals surface area contributed by atoms with Crippen molar-refractivity contribution in [2.45, 2.75) is 12.6 Å². The average molecular weight is 332 g/mol. The molecule has 0 aliphatic heterocycles. The summed E-state index contributed by atoms with van der Waals surface area (Å²) in [6.45, 7) is -0.0547. The lowest BCUT2D eigenvalue weighted by Gasteiger charge is -2.11. The molecule has 1 N–H and O–H groups in total. The third-order valence-corrected chi connectivity index (χ3v) is 3.22. The summed E-state index contributed by atoms with van der Waals surface area (Å²) in [5.41, 5.74) is 0. The van der Waals surface area contributed by atoms with E-state index in [9.17, 15) is 9.90 Å². The predicted octanol–water partition coefficient (Wildman–Crippen LogP) is 1.54. The van der Waals surface area contributed by atoms with Gasteiger partial charge in [-0.3, -0.25) is 0 Å². The lowest BCUT2D eigenvalue weighted by Crippen LogP contribution is -2.29. The largest absolute Gasteiger partial charge is 0.497 e. The van der Waals surface area contributed by atoms with Crippen LogP contribution in [0.5, 0.6) is 11.5 Å². The molecular formula is C16H16N2O6. The van der Waals surface area contributed by atoms with E-state index in [1.54, 1.807) is 43.5 Å². The third kappa shape index (κ3) is 3.66. The van der Waals surface area contributed by atoms with E-state index in [0.29, 0.717) is 17.3 Å². The average Bonchev–Trinajstić information content (AvgIpc) is 3.24. The molecule has 2 heterocycles. The molecule has 0 amide bonds. The van der Waals surface area contributed by atoms with E-state index in [1.807, 2.05) is 0 Å². The van der Waals surface area contributed by atoms with Crippen LogP contribution in [0.4, 0.5) is 0 Å². The smallest absolute Gasteiger partial charge is 0.437 e. The number of hydrogen-bond donors (Lipinski definition) is 1. The number of aliphatic hydroxyl groups excluding tert-OH is 1. The Morgan fingerprint density at radius 1 is 1.25 bits per heavy atom. The summed E-state index contributed by atoms with van der Waals surface area (Å²) in [6, 6.07) is 10.2. The molecule has 2 aromatic heterocycles. The maximum absolute atomic E-state index is 11.7. The van der Waals surface area contributed by atoms with Gasteiger partial charge in [0.2, 0.25) is 0 Å². The lowest BCUT2D eigenvalue weighted by molar-refractivity contribution is 0.0875. The number of furan rings is 1. The van der Waals surface area contributed by atoms with Crippen LogP contribution in [-0.2, 0) is 6.54 Å². The molecule has 0 saturated heterocycles. The van der Waals surface area contributed by atoms with Crippen molar-refractivity contribution in [1.82, 2.24) is 9.78 Å². The first kappa shape index (κ1) is 15.9. The molecule has 3 aromatic rings. The van der Waals surface area contributed by atoms with Crippen LogP contribution in [0.25, 0.3) is 11.7 Å². The normalized spacial score (nSPS) is 12.1. The molecule has 24 heavy (non-hydrogen) atoms. The summed E-state index contributed by atoms with van der Waals surface area (Å²) in [6.07, 6.45) is 0.519. The summed E-state index contributed by atoms with van der Waals surface area (Å²) in [7, 11) is 1.58. The second-order valence-electron chi connectivity index (χ2n) is 4.97. The van der Waals surface area contributed by atoms with Crippen LogP contribution in [0.15, 0.2) is 56.3 Å². The van der Waals surface area contributed by atoms with Crippen molar-refractivity contribution in [2.75, 3.05) is 13.7 Å². The topological polar surface area (TPSA) is 99.9 Å². The van der Waals surface area contributed by atoms with Crippen molar-refractivity contribution in [2.24, 2.45) is 0 Å². The van der Waals surface area contributed by atoms with Crippen molar-refractivity contribution in [3.05, 3.63) is 53.2 Å². The number of ether oxygens (including phenoxy) is 2. The fourth-order valence-corrected chi connectivity index (χ4v) is 2.04. The number of rotatable bonds is 7. The SMILES string of the molecule is COc1ccc(OCC(O)Cn2nc(-c3ccco3)oc2=O)cc1. The fraction of sp³-hybridized carbons (Fsp3) is 0.250. The number of methoxy groups -OCH3 is 1. The minimum atomic E-state index is -0.931. The molecule has 0 radical (unpaired) electrons. The Labute approximate surface area is 136 Å². The van der Waals surface area contributed by atoms with Crippen LogP contribution in [0.1, 0.15) is 0 Å². The molecule has 0 spiro atoms. The molecule has 1 aromatic carbocycles. The molecule has 0 aliphatic carbocycles. The Hall–Kier alpha value is -3.00. The Morgan fingerprint density at radius 2 is 2.00 bits per heavy atom. The molecular weight excluding hydrogens is 316 g/mol. The highest BCUT2D eigenvalue weighted by Crippen LogP contribution is 2.17. The minimum Gasteiger partial charge on any atom is -0.497 e. The summed E-state index contributed by atoms with van der Waals surface area (Å²) >= 11 is 0. The van der Waals surface area contributed by atoms with E-state index in [-0.39, 0.29) is 19.0 Å². The van der Waals surface area contributed by atoms with Crippen LogP contribution in [0.2, 0.25) is 0 Å². The van der Waals surface area contributed by atoms with Gasteiger partial charge in [-0.1, -0.05) is 0 Å². The number of aliphatic hydroxyl groups is 1. The summed E-state index contributed by atoms with van der Waals surface area (Å²) < 4.78 is 21.6. The van der Waals surface area contributed by atoms with Gasteiger partial charge < -0.3 is 23.4 Å². The van der Waals surface area contributed by atoms with Crippen LogP contribution in [0, 0.1) is 0 Å². The van der Waals surface area contributed by atoms with E-state index < -0.39 is 11.9 Å². The Balaban J connectivity index is 1.58. The molecule has 3 rings (SSSR count). The second-order valence-corrected chi connectivity index (χ2v) is 4.97. The summed E-state index contributed by atoms with van der Waals surface area (Å²) in [5.74, 6) is 1.02. The molecule has 8 nitrogen and oxygen atoms in total. The lowest BCUT2D eigenvalue weighted by atomic mass is 10.3. The van der Waals surface area contributed by atoms with Crippen molar-refractivity contribution in [3.8, 4) is 23.1 Å². The zero-order valence-electron chi connectivity index (χ0n) is 12.9. The second kappa shape index (κ2) is 7.05. The third-order valence-electron chi connectivity index (χ3n) is 3.22. The van der Waals surface area contributed by atoms with Gasteiger partial charge in [0, 0.05) is 0 Å². The highest BCUT2D eigenvalue weighted by Gasteiger charge is 2.15. The zero-order valence-corrected chi connectivity index (χ0v) is 12.9. The molecule has 0 fully saturated rings. The van der Waals surface area contributed by atoms with Crippen LogP contribution < -0.4 is 15.2 Å². The Bertz CT molecular complexity index is 819. The van der Waals surface area contributed by atoms with Crippen LogP contribution >= 0.6 is 0 Å². The first-order valence-electron chi connectivity index (χ1n) is 7.22. The van der Waals surface area contributed by atoms with Crippen molar-refractivity contribution in [3.63, 3.8) is 0 Å². The molecule has 0 bridgehead atoms. The van der Waals surface area contributed by atoms with Crippen molar-refractivity contribution >= 4 is 0 Å². The molecule has 126 valence electrons. The number of benzene rings is 1. The highest BCUT2D eigenvalue weighted by molar-refractivity contribution is 5.42. The van der Waals surface area contributed by atoms with Gasteiger partial charge in [0.1, 0.15) is 24.2 Å².